The molecule has 8 unspecified atom stereocenters. The van der Waals surface area contributed by atoms with E-state index in [2.05, 4.69) is 35.5 Å². The SMILES string of the molecule is CCCCCC/C=C\CCCCCCCCC(O)C(=O)NC(COC1OC(CO)C(O)C(OS(=O)(=O)O)C1O)C(O)CCCCCCCCCCCCC. The van der Waals surface area contributed by atoms with E-state index in [1.54, 1.807) is 0 Å². The predicted molar refractivity (Wildman–Crippen MR) is 210 cm³/mol. The van der Waals surface area contributed by atoms with E-state index in [1.807, 2.05) is 0 Å². The van der Waals surface area contributed by atoms with Crippen molar-refractivity contribution >= 4 is 16.3 Å². The van der Waals surface area contributed by atoms with Gasteiger partial charge in [-0.3, -0.25) is 9.35 Å². The van der Waals surface area contributed by atoms with Crippen molar-refractivity contribution < 1.29 is 57.0 Å². The molecule has 1 aliphatic heterocycles. The van der Waals surface area contributed by atoms with Crippen molar-refractivity contribution in [3.05, 3.63) is 12.2 Å². The second kappa shape index (κ2) is 31.8. The molecule has 0 aromatic rings. The number of allylic oxidation sites excluding steroid dienone is 2. The molecule has 0 bridgehead atoms. The number of unbranched alkanes of at least 4 members (excludes halogenated alkanes) is 20. The van der Waals surface area contributed by atoms with Crippen molar-refractivity contribution in [2.24, 2.45) is 0 Å². The largest absolute Gasteiger partial charge is 0.397 e. The van der Waals surface area contributed by atoms with Gasteiger partial charge in [0, 0.05) is 0 Å². The molecule has 1 heterocycles. The highest BCUT2D eigenvalue weighted by molar-refractivity contribution is 7.80. The molecular weight excluding hydrogens is 719 g/mol. The second-order valence-electron chi connectivity index (χ2n) is 15.1. The first-order chi connectivity index (χ1) is 25.9. The molecule has 0 aromatic heterocycles. The van der Waals surface area contributed by atoms with E-state index < -0.39 is 78.5 Å². The van der Waals surface area contributed by atoms with E-state index >= 15 is 0 Å². The number of ether oxygens (including phenoxy) is 2. The number of aliphatic hydroxyl groups is 5. The van der Waals surface area contributed by atoms with Gasteiger partial charge in [0.1, 0.15) is 30.5 Å². The molecular formula is C40H77NO12S. The normalized spacial score (nSPS) is 22.4. The van der Waals surface area contributed by atoms with Crippen molar-refractivity contribution in [1.29, 1.82) is 0 Å². The van der Waals surface area contributed by atoms with Crippen molar-refractivity contribution in [1.82, 2.24) is 5.32 Å². The van der Waals surface area contributed by atoms with E-state index in [9.17, 15) is 38.7 Å². The molecule has 320 valence electrons. The van der Waals surface area contributed by atoms with Crippen LogP contribution in [0.3, 0.4) is 0 Å². The number of nitrogens with one attached hydrogen (secondary N) is 1. The van der Waals surface area contributed by atoms with Gasteiger partial charge in [0.05, 0.1) is 25.4 Å². The minimum atomic E-state index is -5.10. The Balaban J connectivity index is 2.62. The van der Waals surface area contributed by atoms with Gasteiger partial charge < -0.3 is 40.3 Å². The van der Waals surface area contributed by atoms with Crippen molar-refractivity contribution in [3.8, 4) is 0 Å². The number of aliphatic hydroxyl groups excluding tert-OH is 5. The monoisotopic (exact) mass is 796 g/mol. The lowest BCUT2D eigenvalue weighted by Gasteiger charge is -2.41. The standard InChI is InChI=1S/C40H77NO12S/c1-3-5-7-9-11-13-15-16-17-19-21-23-25-27-29-34(44)39(47)41-32(33(43)28-26-24-22-20-18-14-12-10-8-6-4-2)31-51-40-37(46)38(53-54(48,49)50)36(45)35(30-42)52-40/h13,15,32-38,40,42-46H,3-12,14,16-31H2,1-2H3,(H,41,47)(H,48,49,50)/b15-13-. The average molecular weight is 796 g/mol. The zero-order chi connectivity index (χ0) is 40.0. The Hall–Kier alpha value is -1.20. The maximum atomic E-state index is 13.1. The third kappa shape index (κ3) is 24.4. The summed E-state index contributed by atoms with van der Waals surface area (Å²) in [6.45, 7) is 3.22. The van der Waals surface area contributed by atoms with E-state index in [4.69, 9.17) is 14.0 Å². The third-order valence-corrected chi connectivity index (χ3v) is 10.6. The minimum Gasteiger partial charge on any atom is -0.394 e. The molecule has 1 amide bonds. The summed E-state index contributed by atoms with van der Waals surface area (Å²) < 4.78 is 47.4. The number of rotatable bonds is 35. The highest BCUT2D eigenvalue weighted by atomic mass is 32.3. The molecule has 0 spiro atoms. The molecule has 1 rings (SSSR count). The topological polar surface area (TPSA) is 212 Å². The molecule has 0 aliphatic carbocycles. The molecule has 54 heavy (non-hydrogen) atoms. The number of hydrogen-bond acceptors (Lipinski definition) is 11. The van der Waals surface area contributed by atoms with E-state index in [0.717, 1.165) is 64.2 Å². The second-order valence-corrected chi connectivity index (χ2v) is 16.1. The summed E-state index contributed by atoms with van der Waals surface area (Å²) in [6.07, 6.45) is 19.8. The lowest BCUT2D eigenvalue weighted by Crippen LogP contribution is -2.61. The zero-order valence-electron chi connectivity index (χ0n) is 33.4. The fraction of sp³-hybridized carbons (Fsp3) is 0.925. The zero-order valence-corrected chi connectivity index (χ0v) is 34.2. The lowest BCUT2D eigenvalue weighted by molar-refractivity contribution is -0.298. The van der Waals surface area contributed by atoms with Gasteiger partial charge in [-0.05, 0) is 38.5 Å². The Kier molecular flexibility index (Phi) is 30.0. The molecule has 8 atom stereocenters. The predicted octanol–water partition coefficient (Wildman–Crippen LogP) is 6.19. The maximum Gasteiger partial charge on any atom is 0.397 e. The van der Waals surface area contributed by atoms with Crippen molar-refractivity contribution in [2.45, 2.75) is 223 Å². The average Bonchev–Trinajstić information content (AvgIpc) is 3.14. The van der Waals surface area contributed by atoms with Gasteiger partial charge in [-0.2, -0.15) is 8.42 Å². The van der Waals surface area contributed by atoms with Gasteiger partial charge in [-0.1, -0.05) is 148 Å². The van der Waals surface area contributed by atoms with Gasteiger partial charge in [-0.25, -0.2) is 4.18 Å². The number of hydrogen-bond donors (Lipinski definition) is 7. The van der Waals surface area contributed by atoms with Crippen LogP contribution < -0.4 is 5.32 Å². The number of carbonyl (C=O) groups is 1. The molecule has 7 N–H and O–H groups in total. The number of amides is 1. The van der Waals surface area contributed by atoms with Crippen LogP contribution in [-0.4, -0.2) is 107 Å². The first-order valence-electron chi connectivity index (χ1n) is 21.2. The van der Waals surface area contributed by atoms with E-state index in [-0.39, 0.29) is 6.42 Å². The summed E-state index contributed by atoms with van der Waals surface area (Å²) in [7, 11) is -5.10. The molecule has 13 nitrogen and oxygen atoms in total. The molecule has 1 aliphatic rings. The highest BCUT2D eigenvalue weighted by Crippen LogP contribution is 2.26. The van der Waals surface area contributed by atoms with Crippen LogP contribution in [0, 0.1) is 0 Å². The Morgan fingerprint density at radius 3 is 1.69 bits per heavy atom. The Morgan fingerprint density at radius 1 is 0.722 bits per heavy atom. The summed E-state index contributed by atoms with van der Waals surface area (Å²) in [4.78, 5) is 13.1. The van der Waals surface area contributed by atoms with Gasteiger partial charge in [0.25, 0.3) is 0 Å². The lowest BCUT2D eigenvalue weighted by atomic mass is 9.99. The van der Waals surface area contributed by atoms with Crippen LogP contribution in [0.2, 0.25) is 0 Å². The molecule has 1 saturated heterocycles. The van der Waals surface area contributed by atoms with E-state index in [0.29, 0.717) is 19.3 Å². The summed E-state index contributed by atoms with van der Waals surface area (Å²) >= 11 is 0. The molecule has 1 fully saturated rings. The molecule has 14 heteroatoms. The Labute approximate surface area is 326 Å². The van der Waals surface area contributed by atoms with Crippen molar-refractivity contribution in [3.63, 3.8) is 0 Å². The van der Waals surface area contributed by atoms with Gasteiger partial charge in [-0.15, -0.1) is 0 Å². The first kappa shape index (κ1) is 50.8. The van der Waals surface area contributed by atoms with E-state index in [1.165, 1.54) is 70.6 Å². The Bertz CT molecular complexity index is 1050. The van der Waals surface area contributed by atoms with Crippen LogP contribution >= 0.6 is 0 Å². The summed E-state index contributed by atoms with van der Waals surface area (Å²) in [5.41, 5.74) is 0. The van der Waals surface area contributed by atoms with Crippen LogP contribution in [0.25, 0.3) is 0 Å². The molecule has 0 radical (unpaired) electrons. The summed E-state index contributed by atoms with van der Waals surface area (Å²) in [6, 6.07) is -1.03. The molecule has 0 aromatic carbocycles. The quantitative estimate of drug-likeness (QED) is 0.0218. The van der Waals surface area contributed by atoms with Crippen LogP contribution in [0.15, 0.2) is 12.2 Å². The fourth-order valence-corrected chi connectivity index (χ4v) is 7.26. The maximum absolute atomic E-state index is 13.1. The summed E-state index contributed by atoms with van der Waals surface area (Å²) in [5.74, 6) is -0.676. The highest BCUT2D eigenvalue weighted by Gasteiger charge is 2.48. The van der Waals surface area contributed by atoms with Crippen LogP contribution in [0.4, 0.5) is 0 Å². The number of carbonyl (C=O) groups excluding carboxylic acids is 1. The minimum absolute atomic E-state index is 0.254. The third-order valence-electron chi connectivity index (χ3n) is 10.2. The van der Waals surface area contributed by atoms with Crippen LogP contribution in [0.1, 0.15) is 174 Å². The van der Waals surface area contributed by atoms with Gasteiger partial charge in [0.2, 0.25) is 5.91 Å². The first-order valence-corrected chi connectivity index (χ1v) is 22.5. The van der Waals surface area contributed by atoms with Crippen molar-refractivity contribution in [2.75, 3.05) is 13.2 Å². The van der Waals surface area contributed by atoms with Gasteiger partial charge in [0.15, 0.2) is 6.29 Å². The summed E-state index contributed by atoms with van der Waals surface area (Å²) in [5, 5.41) is 55.1. The van der Waals surface area contributed by atoms with Crippen LogP contribution in [-0.2, 0) is 28.9 Å². The van der Waals surface area contributed by atoms with Crippen LogP contribution in [0.5, 0.6) is 0 Å². The van der Waals surface area contributed by atoms with Gasteiger partial charge >= 0.3 is 10.4 Å². The fourth-order valence-electron chi connectivity index (χ4n) is 6.75. The smallest absolute Gasteiger partial charge is 0.394 e. The molecule has 0 saturated carbocycles. The Morgan fingerprint density at radius 2 is 1.19 bits per heavy atom.